The molecule has 5 amide bonds. The Kier molecular flexibility index (Phi) is 9.81. The molecule has 0 aromatic heterocycles. The summed E-state index contributed by atoms with van der Waals surface area (Å²) in [6.07, 6.45) is 1.32. The van der Waals surface area contributed by atoms with Gasteiger partial charge in [0, 0.05) is 16.2 Å². The molecular formula is C30H28BrN3O8. The van der Waals surface area contributed by atoms with Gasteiger partial charge in [-0.25, -0.2) is 9.69 Å². The van der Waals surface area contributed by atoms with Crippen LogP contribution in [0.15, 0.2) is 70.7 Å². The fourth-order valence-corrected chi connectivity index (χ4v) is 4.47. The molecule has 1 heterocycles. The molecule has 1 aliphatic rings. The quantitative estimate of drug-likeness (QED) is 0.223. The predicted molar refractivity (Wildman–Crippen MR) is 159 cm³/mol. The fourth-order valence-electron chi connectivity index (χ4n) is 4.03. The molecule has 0 bridgehead atoms. The lowest BCUT2D eigenvalue weighted by atomic mass is 10.1. The second-order valence-electron chi connectivity index (χ2n) is 8.68. The van der Waals surface area contributed by atoms with E-state index in [4.69, 9.17) is 18.9 Å². The Morgan fingerprint density at radius 3 is 2.36 bits per heavy atom. The maximum atomic E-state index is 13.6. The summed E-state index contributed by atoms with van der Waals surface area (Å²) in [6.45, 7) is 3.92. The van der Waals surface area contributed by atoms with Gasteiger partial charge < -0.3 is 24.3 Å². The van der Waals surface area contributed by atoms with E-state index in [1.807, 2.05) is 6.07 Å². The predicted octanol–water partition coefficient (Wildman–Crippen LogP) is 4.94. The summed E-state index contributed by atoms with van der Waals surface area (Å²) in [5.74, 6) is -0.929. The molecule has 11 nitrogen and oxygen atoms in total. The average molecular weight is 638 g/mol. The van der Waals surface area contributed by atoms with Gasteiger partial charge in [-0.1, -0.05) is 34.1 Å². The smallest absolute Gasteiger partial charge is 0.336 e. The Balaban J connectivity index is 1.62. The fraction of sp³-hybridized carbons (Fsp3) is 0.200. The number of anilines is 2. The zero-order valence-corrected chi connectivity index (χ0v) is 24.6. The number of benzene rings is 3. The Bertz CT molecular complexity index is 1540. The first-order chi connectivity index (χ1) is 20.2. The van der Waals surface area contributed by atoms with Crippen LogP contribution >= 0.6 is 15.9 Å². The lowest BCUT2D eigenvalue weighted by Gasteiger charge is -2.28. The van der Waals surface area contributed by atoms with Crippen LogP contribution in [0.5, 0.6) is 23.0 Å². The Labute approximate surface area is 250 Å². The molecule has 0 unspecified atom stereocenters. The highest BCUT2D eigenvalue weighted by atomic mass is 79.9. The molecule has 3 aromatic rings. The molecule has 0 atom stereocenters. The van der Waals surface area contributed by atoms with Crippen LogP contribution < -0.4 is 34.5 Å². The van der Waals surface area contributed by atoms with Crippen molar-refractivity contribution in [3.05, 3.63) is 76.3 Å². The number of nitrogens with zero attached hydrogens (tertiary/aromatic N) is 1. The number of carbonyl (C=O) groups excluding carboxylic acids is 4. The normalized spacial score (nSPS) is 14.0. The number of hydrogen-bond donors (Lipinski definition) is 2. The third-order valence-corrected chi connectivity index (χ3v) is 6.57. The minimum atomic E-state index is -0.925. The van der Waals surface area contributed by atoms with Crippen molar-refractivity contribution < 1.29 is 38.1 Å². The van der Waals surface area contributed by atoms with E-state index in [2.05, 4.69) is 26.6 Å². The zero-order chi connectivity index (χ0) is 30.2. The number of barbiturate groups is 1. The lowest BCUT2D eigenvalue weighted by Crippen LogP contribution is -2.54. The average Bonchev–Trinajstić information content (AvgIpc) is 2.97. The third kappa shape index (κ3) is 6.89. The van der Waals surface area contributed by atoms with E-state index in [9.17, 15) is 19.2 Å². The molecule has 4 rings (SSSR count). The van der Waals surface area contributed by atoms with Crippen LogP contribution in [0.3, 0.4) is 0 Å². The van der Waals surface area contributed by atoms with Gasteiger partial charge in [0.05, 0.1) is 26.0 Å². The first kappa shape index (κ1) is 30.1. The van der Waals surface area contributed by atoms with E-state index >= 15 is 0 Å². The molecule has 0 spiro atoms. The van der Waals surface area contributed by atoms with Crippen molar-refractivity contribution in [3.63, 3.8) is 0 Å². The second kappa shape index (κ2) is 13.7. The Morgan fingerprint density at radius 1 is 0.929 bits per heavy atom. The van der Waals surface area contributed by atoms with E-state index < -0.39 is 17.8 Å². The van der Waals surface area contributed by atoms with Crippen LogP contribution in [-0.4, -0.2) is 50.7 Å². The van der Waals surface area contributed by atoms with Gasteiger partial charge in [0.2, 0.25) is 0 Å². The molecule has 218 valence electrons. The molecule has 0 aliphatic carbocycles. The standard InChI is InChI=1S/C30H28BrN3O8/c1-4-40-20-11-12-24(41-5-2)23(15-20)34-29(37)21(28(36)33-30(34)38)13-18-14-25(39-3)26(16-22(18)31)42-17-27(35)32-19-9-7-6-8-10-19/h6-16H,4-5,17H2,1-3H3,(H,32,35)(H,33,36,38)/b21-13+. The van der Waals surface area contributed by atoms with Crippen molar-refractivity contribution in [2.24, 2.45) is 0 Å². The molecule has 1 aliphatic heterocycles. The molecule has 42 heavy (non-hydrogen) atoms. The van der Waals surface area contributed by atoms with Gasteiger partial charge in [-0.15, -0.1) is 0 Å². The number of imide groups is 2. The molecule has 1 fully saturated rings. The summed E-state index contributed by atoms with van der Waals surface area (Å²) in [5, 5.41) is 4.93. The Hall–Kier alpha value is -4.84. The summed E-state index contributed by atoms with van der Waals surface area (Å²) in [6, 6.07) is 15.8. The first-order valence-corrected chi connectivity index (χ1v) is 13.7. The van der Waals surface area contributed by atoms with Crippen LogP contribution in [0.2, 0.25) is 0 Å². The summed E-state index contributed by atoms with van der Waals surface area (Å²) in [5.41, 5.74) is 0.825. The number of nitrogens with one attached hydrogen (secondary N) is 2. The monoisotopic (exact) mass is 637 g/mol. The summed E-state index contributed by atoms with van der Waals surface area (Å²) in [4.78, 5) is 52.5. The first-order valence-electron chi connectivity index (χ1n) is 12.9. The van der Waals surface area contributed by atoms with Crippen molar-refractivity contribution >= 4 is 57.1 Å². The van der Waals surface area contributed by atoms with Crippen LogP contribution in [0, 0.1) is 0 Å². The van der Waals surface area contributed by atoms with E-state index in [1.54, 1.807) is 56.3 Å². The van der Waals surface area contributed by atoms with Crippen molar-refractivity contribution in [3.8, 4) is 23.0 Å². The molecule has 12 heteroatoms. The van der Waals surface area contributed by atoms with Gasteiger partial charge in [-0.2, -0.15) is 0 Å². The topological polar surface area (TPSA) is 132 Å². The highest BCUT2D eigenvalue weighted by molar-refractivity contribution is 9.10. The maximum Gasteiger partial charge on any atom is 0.336 e. The van der Waals surface area contributed by atoms with Crippen LogP contribution in [0.1, 0.15) is 19.4 Å². The number of rotatable bonds is 11. The zero-order valence-electron chi connectivity index (χ0n) is 23.1. The van der Waals surface area contributed by atoms with Gasteiger partial charge >= 0.3 is 6.03 Å². The van der Waals surface area contributed by atoms with Crippen molar-refractivity contribution in [2.75, 3.05) is 37.1 Å². The third-order valence-electron chi connectivity index (χ3n) is 5.88. The van der Waals surface area contributed by atoms with Crippen LogP contribution in [-0.2, 0) is 14.4 Å². The number of carbonyl (C=O) groups is 4. The highest BCUT2D eigenvalue weighted by Gasteiger charge is 2.38. The molecular weight excluding hydrogens is 610 g/mol. The van der Waals surface area contributed by atoms with Gasteiger partial charge in [0.1, 0.15) is 17.1 Å². The van der Waals surface area contributed by atoms with Gasteiger partial charge in [0.25, 0.3) is 17.7 Å². The molecule has 0 saturated carbocycles. The number of methoxy groups -OCH3 is 1. The number of amides is 5. The van der Waals surface area contributed by atoms with Gasteiger partial charge in [-0.05, 0) is 61.9 Å². The van der Waals surface area contributed by atoms with Crippen LogP contribution in [0.4, 0.5) is 16.2 Å². The van der Waals surface area contributed by atoms with E-state index in [1.165, 1.54) is 25.3 Å². The SMILES string of the molecule is CCOc1ccc(OCC)c(N2C(=O)NC(=O)/C(=C\c3cc(OC)c(OCC(=O)Nc4ccccc4)cc3Br)C2=O)c1. The lowest BCUT2D eigenvalue weighted by molar-refractivity contribution is -0.122. The highest BCUT2D eigenvalue weighted by Crippen LogP contribution is 2.37. The van der Waals surface area contributed by atoms with Crippen molar-refractivity contribution in [1.29, 1.82) is 0 Å². The van der Waals surface area contributed by atoms with E-state index in [-0.39, 0.29) is 47.6 Å². The molecule has 1 saturated heterocycles. The minimum absolute atomic E-state index is 0.123. The molecule has 0 radical (unpaired) electrons. The second-order valence-corrected chi connectivity index (χ2v) is 9.54. The molecule has 3 aromatic carbocycles. The van der Waals surface area contributed by atoms with Gasteiger partial charge in [-0.3, -0.25) is 19.7 Å². The minimum Gasteiger partial charge on any atom is -0.494 e. The maximum absolute atomic E-state index is 13.6. The van der Waals surface area contributed by atoms with E-state index in [0.717, 1.165) is 4.90 Å². The van der Waals surface area contributed by atoms with Gasteiger partial charge in [0.15, 0.2) is 18.1 Å². The number of urea groups is 1. The van der Waals surface area contributed by atoms with Crippen molar-refractivity contribution in [2.45, 2.75) is 13.8 Å². The van der Waals surface area contributed by atoms with Crippen molar-refractivity contribution in [1.82, 2.24) is 5.32 Å². The Morgan fingerprint density at radius 2 is 1.67 bits per heavy atom. The number of halogens is 1. The van der Waals surface area contributed by atoms with E-state index in [0.29, 0.717) is 28.1 Å². The largest absolute Gasteiger partial charge is 0.494 e. The summed E-state index contributed by atoms with van der Waals surface area (Å²) >= 11 is 3.43. The summed E-state index contributed by atoms with van der Waals surface area (Å²) < 4.78 is 22.7. The number of para-hydroxylation sites is 1. The molecule has 2 N–H and O–H groups in total. The number of ether oxygens (including phenoxy) is 4. The van der Waals surface area contributed by atoms with Crippen LogP contribution in [0.25, 0.3) is 6.08 Å². The number of hydrogen-bond acceptors (Lipinski definition) is 8. The summed E-state index contributed by atoms with van der Waals surface area (Å²) in [7, 11) is 1.41.